The van der Waals surface area contributed by atoms with E-state index in [2.05, 4.69) is 15.8 Å². The van der Waals surface area contributed by atoms with Crippen molar-refractivity contribution >= 4 is 17.9 Å². The summed E-state index contributed by atoms with van der Waals surface area (Å²) in [6.07, 6.45) is 1.47. The van der Waals surface area contributed by atoms with Gasteiger partial charge in [0.15, 0.2) is 5.66 Å². The Morgan fingerprint density at radius 2 is 2.56 bits per heavy atom. The molecule has 1 atom stereocenters. The van der Waals surface area contributed by atoms with Crippen LogP contribution in [-0.2, 0) is 0 Å². The van der Waals surface area contributed by atoms with Gasteiger partial charge in [0.2, 0.25) is 0 Å². The lowest BCUT2D eigenvalue weighted by molar-refractivity contribution is 0.188. The van der Waals surface area contributed by atoms with E-state index < -0.39 is 5.66 Å². The molecule has 0 saturated carbocycles. The van der Waals surface area contributed by atoms with Gasteiger partial charge in [0.05, 0.1) is 18.8 Å². The van der Waals surface area contributed by atoms with E-state index in [9.17, 15) is 0 Å². The first kappa shape index (κ1) is 6.80. The predicted octanol–water partition coefficient (Wildman–Crippen LogP) is -0.950. The van der Waals surface area contributed by atoms with Gasteiger partial charge in [0, 0.05) is 0 Å². The second-order valence-corrected chi connectivity index (χ2v) is 2.12. The third-order valence-corrected chi connectivity index (χ3v) is 1.61. The van der Waals surface area contributed by atoms with Crippen LogP contribution in [0.1, 0.15) is 0 Å². The van der Waals surface area contributed by atoms with E-state index in [0.29, 0.717) is 0 Å². The third kappa shape index (κ3) is 1.15. The smallest absolute Gasteiger partial charge is 0.165 e. The summed E-state index contributed by atoms with van der Waals surface area (Å²) < 4.78 is 0. The zero-order valence-electron chi connectivity index (χ0n) is 4.76. The highest BCUT2D eigenvalue weighted by molar-refractivity contribution is 6.18. The first-order chi connectivity index (χ1) is 4.33. The molecule has 0 aromatic carbocycles. The average molecular weight is 150 g/mol. The van der Waals surface area contributed by atoms with Crippen LogP contribution in [0.25, 0.3) is 0 Å². The van der Waals surface area contributed by atoms with Crippen LogP contribution >= 0.6 is 11.6 Å². The van der Waals surface area contributed by atoms with Gasteiger partial charge in [-0.1, -0.05) is 0 Å². The van der Waals surface area contributed by atoms with Gasteiger partial charge in [-0.3, -0.25) is 0 Å². The summed E-state index contributed by atoms with van der Waals surface area (Å²) in [6.45, 7) is -0.0972. The molecule has 0 bridgehead atoms. The number of aliphatic hydroxyl groups is 1. The van der Waals surface area contributed by atoms with E-state index in [0.717, 1.165) is 0 Å². The molecule has 0 amide bonds. The van der Waals surface area contributed by atoms with Gasteiger partial charge in [-0.2, -0.15) is 0 Å². The molecule has 1 aliphatic heterocycles. The lowest BCUT2D eigenvalue weighted by Crippen LogP contribution is -2.49. The Morgan fingerprint density at radius 1 is 1.78 bits per heavy atom. The van der Waals surface area contributed by atoms with E-state index in [-0.39, 0.29) is 12.5 Å². The summed E-state index contributed by atoms with van der Waals surface area (Å²) >= 11 is 5.49. The number of halogens is 1. The van der Waals surface area contributed by atoms with Crippen LogP contribution < -0.4 is 10.9 Å². The number of hydrogen-bond donors (Lipinski definition) is 3. The topological polar surface area (TPSA) is 56.7 Å². The van der Waals surface area contributed by atoms with Gasteiger partial charge < -0.3 is 10.5 Å². The zero-order chi connectivity index (χ0) is 6.74. The van der Waals surface area contributed by atoms with Crippen LogP contribution in [0.3, 0.4) is 0 Å². The third-order valence-electron chi connectivity index (χ3n) is 1.16. The number of nitrogens with zero attached hydrogens (tertiary/aromatic N) is 1. The first-order valence-electron chi connectivity index (χ1n) is 2.56. The minimum Gasteiger partial charge on any atom is -0.392 e. The Bertz CT molecular complexity index is 123. The SMILES string of the molecule is OCC1(CCl)N=CNN1. The second-order valence-electron chi connectivity index (χ2n) is 1.85. The predicted molar refractivity (Wildman–Crippen MR) is 35.3 cm³/mol. The molecule has 4 nitrogen and oxygen atoms in total. The van der Waals surface area contributed by atoms with Crippen molar-refractivity contribution < 1.29 is 5.11 Å². The van der Waals surface area contributed by atoms with Crippen molar-refractivity contribution in [1.29, 1.82) is 0 Å². The molecule has 1 aliphatic rings. The van der Waals surface area contributed by atoms with Crippen LogP contribution in [0.5, 0.6) is 0 Å². The van der Waals surface area contributed by atoms with Crippen molar-refractivity contribution in [2.75, 3.05) is 12.5 Å². The van der Waals surface area contributed by atoms with Crippen molar-refractivity contribution in [3.63, 3.8) is 0 Å². The molecule has 0 spiro atoms. The molecule has 1 rings (SSSR count). The van der Waals surface area contributed by atoms with Gasteiger partial charge in [-0.25, -0.2) is 10.4 Å². The number of aliphatic hydroxyl groups excluding tert-OH is 1. The maximum Gasteiger partial charge on any atom is 0.165 e. The molecule has 0 aromatic rings. The van der Waals surface area contributed by atoms with Crippen LogP contribution in [-0.4, -0.2) is 29.6 Å². The van der Waals surface area contributed by atoms with Crippen molar-refractivity contribution in [3.8, 4) is 0 Å². The highest BCUT2D eigenvalue weighted by atomic mass is 35.5. The largest absolute Gasteiger partial charge is 0.392 e. The summed E-state index contributed by atoms with van der Waals surface area (Å²) in [6, 6.07) is 0. The fraction of sp³-hybridized carbons (Fsp3) is 0.750. The molecular formula is C4H8ClN3O. The zero-order valence-corrected chi connectivity index (χ0v) is 5.52. The van der Waals surface area contributed by atoms with Crippen molar-refractivity contribution in [1.82, 2.24) is 10.9 Å². The van der Waals surface area contributed by atoms with Crippen LogP contribution in [0, 0.1) is 0 Å². The molecule has 0 saturated heterocycles. The maximum atomic E-state index is 8.72. The molecule has 1 heterocycles. The molecule has 1 unspecified atom stereocenters. The van der Waals surface area contributed by atoms with Gasteiger partial charge in [-0.15, -0.1) is 11.6 Å². The molecule has 52 valence electrons. The highest BCUT2D eigenvalue weighted by Gasteiger charge is 2.29. The van der Waals surface area contributed by atoms with Crippen LogP contribution in [0.4, 0.5) is 0 Å². The second kappa shape index (κ2) is 2.51. The Kier molecular flexibility index (Phi) is 1.90. The lowest BCUT2D eigenvalue weighted by Gasteiger charge is -2.19. The Labute approximate surface area is 57.9 Å². The Morgan fingerprint density at radius 3 is 2.78 bits per heavy atom. The average Bonchev–Trinajstić information content (AvgIpc) is 2.36. The molecule has 0 aliphatic carbocycles. The first-order valence-corrected chi connectivity index (χ1v) is 3.10. The van der Waals surface area contributed by atoms with Crippen LogP contribution in [0.2, 0.25) is 0 Å². The number of nitrogens with one attached hydrogen (secondary N) is 2. The molecule has 0 aromatic heterocycles. The number of hydrogen-bond acceptors (Lipinski definition) is 4. The van der Waals surface area contributed by atoms with E-state index in [1.165, 1.54) is 6.34 Å². The normalized spacial score (nSPS) is 32.7. The molecule has 5 heteroatoms. The van der Waals surface area contributed by atoms with Gasteiger partial charge in [0.25, 0.3) is 0 Å². The summed E-state index contributed by atoms with van der Waals surface area (Å²) in [4.78, 5) is 3.88. The van der Waals surface area contributed by atoms with Crippen molar-refractivity contribution in [3.05, 3.63) is 0 Å². The van der Waals surface area contributed by atoms with E-state index in [1.807, 2.05) is 0 Å². The minimum atomic E-state index is -0.693. The molecule has 9 heavy (non-hydrogen) atoms. The van der Waals surface area contributed by atoms with Gasteiger partial charge in [-0.05, 0) is 0 Å². The van der Waals surface area contributed by atoms with E-state index in [4.69, 9.17) is 16.7 Å². The van der Waals surface area contributed by atoms with Gasteiger partial charge >= 0.3 is 0 Å². The number of alkyl halides is 1. The van der Waals surface area contributed by atoms with Crippen molar-refractivity contribution in [2.24, 2.45) is 4.99 Å². The molecule has 0 radical (unpaired) electrons. The van der Waals surface area contributed by atoms with E-state index in [1.54, 1.807) is 0 Å². The quantitative estimate of drug-likeness (QED) is 0.444. The minimum absolute atomic E-state index is 0.0972. The van der Waals surface area contributed by atoms with Crippen molar-refractivity contribution in [2.45, 2.75) is 5.66 Å². The molecular weight excluding hydrogens is 142 g/mol. The standard InChI is InChI=1S/C4H8ClN3O/c5-1-4(2-9)6-3-7-8-4/h3,8-9H,1-2H2,(H,6,7). The van der Waals surface area contributed by atoms with E-state index >= 15 is 0 Å². The summed E-state index contributed by atoms with van der Waals surface area (Å²) in [5.41, 5.74) is 4.65. The monoisotopic (exact) mass is 149 g/mol. The summed E-state index contributed by atoms with van der Waals surface area (Å²) in [5.74, 6) is 0.257. The lowest BCUT2D eigenvalue weighted by atomic mass is 10.2. The summed E-state index contributed by atoms with van der Waals surface area (Å²) in [7, 11) is 0. The Balaban J connectivity index is 2.57. The number of aliphatic imine (C=N–C) groups is 1. The summed E-state index contributed by atoms with van der Waals surface area (Å²) in [5, 5.41) is 8.72. The molecule has 0 fully saturated rings. The van der Waals surface area contributed by atoms with Gasteiger partial charge in [0.1, 0.15) is 0 Å². The number of hydrazine groups is 1. The van der Waals surface area contributed by atoms with Crippen LogP contribution in [0.15, 0.2) is 4.99 Å². The fourth-order valence-electron chi connectivity index (χ4n) is 0.545. The number of rotatable bonds is 2. The molecule has 3 N–H and O–H groups in total. The Hall–Kier alpha value is -0.320. The highest BCUT2D eigenvalue weighted by Crippen LogP contribution is 2.08. The maximum absolute atomic E-state index is 8.72. The fourth-order valence-corrected chi connectivity index (χ4v) is 0.766.